The Hall–Kier alpha value is -1.94. The van der Waals surface area contributed by atoms with E-state index in [0.29, 0.717) is 5.56 Å². The Balaban J connectivity index is 2.60. The van der Waals surface area contributed by atoms with Crippen LogP contribution < -0.4 is 11.3 Å². The van der Waals surface area contributed by atoms with Crippen LogP contribution in [0.15, 0.2) is 41.2 Å². The average Bonchev–Trinajstić information content (AvgIpc) is 2.33. The van der Waals surface area contributed by atoms with Gasteiger partial charge in [-0.25, -0.2) is 4.68 Å². The van der Waals surface area contributed by atoms with Crippen molar-refractivity contribution >= 4 is 0 Å². The van der Waals surface area contributed by atoms with Gasteiger partial charge in [-0.3, -0.25) is 4.79 Å². The molecule has 1 aromatic carbocycles. The molecule has 0 radical (unpaired) electrons. The summed E-state index contributed by atoms with van der Waals surface area (Å²) >= 11 is 0. The minimum absolute atomic E-state index is 0.137. The minimum Gasteiger partial charge on any atom is -0.326 e. The van der Waals surface area contributed by atoms with Gasteiger partial charge in [0.15, 0.2) is 0 Å². The molecule has 0 bridgehead atoms. The predicted octanol–water partition coefficient (Wildman–Crippen LogP) is 0.906. The van der Waals surface area contributed by atoms with Crippen LogP contribution in [0, 0.1) is 0 Å². The second kappa shape index (κ2) is 4.28. The van der Waals surface area contributed by atoms with Crippen LogP contribution in [-0.2, 0) is 13.6 Å². The number of aromatic nitrogens is 2. The zero-order valence-electron chi connectivity index (χ0n) is 9.05. The van der Waals surface area contributed by atoms with Gasteiger partial charge in [-0.2, -0.15) is 5.10 Å². The monoisotopic (exact) mass is 215 g/mol. The Morgan fingerprint density at radius 3 is 2.62 bits per heavy atom. The number of hydrogen-bond donors (Lipinski definition) is 1. The van der Waals surface area contributed by atoms with Crippen molar-refractivity contribution in [2.24, 2.45) is 12.8 Å². The van der Waals surface area contributed by atoms with Crippen molar-refractivity contribution in [1.29, 1.82) is 0 Å². The molecule has 0 fully saturated rings. The van der Waals surface area contributed by atoms with Crippen LogP contribution in [0.4, 0.5) is 0 Å². The molecule has 2 N–H and O–H groups in total. The van der Waals surface area contributed by atoms with Crippen LogP contribution in [0.25, 0.3) is 11.3 Å². The lowest BCUT2D eigenvalue weighted by atomic mass is 10.1. The lowest BCUT2D eigenvalue weighted by Gasteiger charge is -2.05. The minimum atomic E-state index is -0.137. The Morgan fingerprint density at radius 1 is 1.31 bits per heavy atom. The summed E-state index contributed by atoms with van der Waals surface area (Å²) in [7, 11) is 1.63. The molecule has 2 aromatic rings. The fourth-order valence-corrected chi connectivity index (χ4v) is 1.57. The van der Waals surface area contributed by atoms with Crippen LogP contribution in [0.3, 0.4) is 0 Å². The number of aryl methyl sites for hydroxylation is 1. The summed E-state index contributed by atoms with van der Waals surface area (Å²) in [6.07, 6.45) is 0. The van der Waals surface area contributed by atoms with Crippen LogP contribution in [-0.4, -0.2) is 9.78 Å². The molecule has 4 nitrogen and oxygen atoms in total. The van der Waals surface area contributed by atoms with Crippen LogP contribution in [0.5, 0.6) is 0 Å². The van der Waals surface area contributed by atoms with Crippen molar-refractivity contribution in [2.45, 2.75) is 6.54 Å². The fourth-order valence-electron chi connectivity index (χ4n) is 1.57. The third kappa shape index (κ3) is 1.87. The number of nitrogens with two attached hydrogens (primary N) is 1. The van der Waals surface area contributed by atoms with Crippen LogP contribution in [0.2, 0.25) is 0 Å². The van der Waals surface area contributed by atoms with E-state index in [1.54, 1.807) is 13.1 Å². The van der Waals surface area contributed by atoms with Gasteiger partial charge in [-0.05, 0) is 6.07 Å². The standard InChI is InChI=1S/C12H13N3O/c1-15-12(16)10(8-13)7-11(14-15)9-5-3-2-4-6-9/h2-7H,8,13H2,1H3. The topological polar surface area (TPSA) is 60.9 Å². The first kappa shape index (κ1) is 10.6. The summed E-state index contributed by atoms with van der Waals surface area (Å²) in [5.74, 6) is 0. The van der Waals surface area contributed by atoms with E-state index in [2.05, 4.69) is 5.10 Å². The molecule has 16 heavy (non-hydrogen) atoms. The predicted molar refractivity (Wildman–Crippen MR) is 62.8 cm³/mol. The van der Waals surface area contributed by atoms with E-state index in [9.17, 15) is 4.79 Å². The smallest absolute Gasteiger partial charge is 0.271 e. The largest absolute Gasteiger partial charge is 0.326 e. The molecule has 1 aromatic heterocycles. The number of rotatable bonds is 2. The van der Waals surface area contributed by atoms with E-state index >= 15 is 0 Å². The molecule has 0 saturated heterocycles. The van der Waals surface area contributed by atoms with E-state index in [-0.39, 0.29) is 12.1 Å². The molecule has 0 saturated carbocycles. The molecule has 0 spiro atoms. The molecule has 0 aliphatic heterocycles. The Kier molecular flexibility index (Phi) is 2.83. The molecular formula is C12H13N3O. The summed E-state index contributed by atoms with van der Waals surface area (Å²) in [6.45, 7) is 0.231. The highest BCUT2D eigenvalue weighted by Gasteiger charge is 2.05. The number of hydrogen-bond acceptors (Lipinski definition) is 3. The molecule has 0 aliphatic carbocycles. The quantitative estimate of drug-likeness (QED) is 0.809. The summed E-state index contributed by atoms with van der Waals surface area (Å²) in [5, 5.41) is 4.20. The van der Waals surface area contributed by atoms with Gasteiger partial charge in [-0.1, -0.05) is 30.3 Å². The SMILES string of the molecule is Cn1nc(-c2ccccc2)cc(CN)c1=O. The van der Waals surface area contributed by atoms with E-state index in [1.807, 2.05) is 30.3 Å². The maximum absolute atomic E-state index is 11.6. The Morgan fingerprint density at radius 2 is 2.00 bits per heavy atom. The van der Waals surface area contributed by atoms with Gasteiger partial charge in [0.25, 0.3) is 5.56 Å². The van der Waals surface area contributed by atoms with Gasteiger partial charge < -0.3 is 5.73 Å². The molecule has 0 atom stereocenters. The third-order valence-electron chi connectivity index (χ3n) is 2.43. The maximum Gasteiger partial charge on any atom is 0.271 e. The highest BCUT2D eigenvalue weighted by atomic mass is 16.1. The van der Waals surface area contributed by atoms with Gasteiger partial charge in [0.2, 0.25) is 0 Å². The van der Waals surface area contributed by atoms with E-state index in [0.717, 1.165) is 11.3 Å². The summed E-state index contributed by atoms with van der Waals surface area (Å²) in [5.41, 5.74) is 7.71. The van der Waals surface area contributed by atoms with Crippen LogP contribution >= 0.6 is 0 Å². The molecule has 82 valence electrons. The summed E-state index contributed by atoms with van der Waals surface area (Å²) in [6, 6.07) is 11.5. The zero-order valence-corrected chi connectivity index (χ0v) is 9.05. The van der Waals surface area contributed by atoms with Gasteiger partial charge in [0.05, 0.1) is 5.69 Å². The van der Waals surface area contributed by atoms with Crippen molar-refractivity contribution < 1.29 is 0 Å². The molecular weight excluding hydrogens is 202 g/mol. The van der Waals surface area contributed by atoms with Crippen molar-refractivity contribution in [3.8, 4) is 11.3 Å². The van der Waals surface area contributed by atoms with Gasteiger partial charge in [-0.15, -0.1) is 0 Å². The Labute approximate surface area is 93.3 Å². The summed E-state index contributed by atoms with van der Waals surface area (Å²) in [4.78, 5) is 11.6. The van der Waals surface area contributed by atoms with E-state index in [1.165, 1.54) is 4.68 Å². The molecule has 0 amide bonds. The molecule has 0 unspecified atom stereocenters. The van der Waals surface area contributed by atoms with Crippen LogP contribution in [0.1, 0.15) is 5.56 Å². The van der Waals surface area contributed by atoms with Gasteiger partial charge in [0, 0.05) is 24.7 Å². The van der Waals surface area contributed by atoms with Gasteiger partial charge >= 0.3 is 0 Å². The van der Waals surface area contributed by atoms with Crippen molar-refractivity contribution in [2.75, 3.05) is 0 Å². The second-order valence-corrected chi connectivity index (χ2v) is 3.55. The summed E-state index contributed by atoms with van der Waals surface area (Å²) < 4.78 is 1.32. The highest BCUT2D eigenvalue weighted by molar-refractivity contribution is 5.58. The van der Waals surface area contributed by atoms with E-state index < -0.39 is 0 Å². The second-order valence-electron chi connectivity index (χ2n) is 3.55. The zero-order chi connectivity index (χ0) is 11.5. The lowest BCUT2D eigenvalue weighted by molar-refractivity contribution is 0.697. The number of nitrogens with zero attached hydrogens (tertiary/aromatic N) is 2. The lowest BCUT2D eigenvalue weighted by Crippen LogP contribution is -2.25. The first-order chi connectivity index (χ1) is 7.72. The first-order valence-electron chi connectivity index (χ1n) is 5.05. The van der Waals surface area contributed by atoms with Crippen molar-refractivity contribution in [3.05, 3.63) is 52.3 Å². The molecule has 2 rings (SSSR count). The first-order valence-corrected chi connectivity index (χ1v) is 5.05. The Bertz CT molecular complexity index is 546. The number of benzene rings is 1. The fraction of sp³-hybridized carbons (Fsp3) is 0.167. The average molecular weight is 215 g/mol. The van der Waals surface area contributed by atoms with Crippen molar-refractivity contribution in [1.82, 2.24) is 9.78 Å². The van der Waals surface area contributed by atoms with Gasteiger partial charge in [0.1, 0.15) is 0 Å². The van der Waals surface area contributed by atoms with Crippen molar-refractivity contribution in [3.63, 3.8) is 0 Å². The molecule has 1 heterocycles. The maximum atomic E-state index is 11.6. The van der Waals surface area contributed by atoms with E-state index in [4.69, 9.17) is 5.73 Å². The molecule has 0 aliphatic rings. The third-order valence-corrected chi connectivity index (χ3v) is 2.43. The normalized spacial score (nSPS) is 10.4. The molecule has 4 heteroatoms. The highest BCUT2D eigenvalue weighted by Crippen LogP contribution is 2.15.